The smallest absolute Gasteiger partial charge is 0.240 e. The van der Waals surface area contributed by atoms with Gasteiger partial charge in [-0.25, -0.2) is 13.1 Å². The van der Waals surface area contributed by atoms with E-state index in [1.807, 2.05) is 0 Å². The van der Waals surface area contributed by atoms with Crippen molar-refractivity contribution in [2.24, 2.45) is 0 Å². The van der Waals surface area contributed by atoms with Crippen molar-refractivity contribution in [2.45, 2.75) is 36.7 Å². The van der Waals surface area contributed by atoms with E-state index < -0.39 is 10.0 Å². The van der Waals surface area contributed by atoms with Gasteiger partial charge in [-0.2, -0.15) is 0 Å². The van der Waals surface area contributed by atoms with Gasteiger partial charge < -0.3 is 9.64 Å². The first kappa shape index (κ1) is 15.5. The highest BCUT2D eigenvalue weighted by atomic mass is 32.2. The Balaban J connectivity index is 1.67. The largest absolute Gasteiger partial charge is 0.377 e. The van der Waals surface area contributed by atoms with E-state index in [0.29, 0.717) is 26.1 Å². The molecule has 2 fully saturated rings. The van der Waals surface area contributed by atoms with Gasteiger partial charge in [-0.1, -0.05) is 0 Å². The topological polar surface area (TPSA) is 75.7 Å². The summed E-state index contributed by atoms with van der Waals surface area (Å²) in [7, 11) is -3.54. The summed E-state index contributed by atoms with van der Waals surface area (Å²) in [5.74, 6) is 0.0899. The van der Waals surface area contributed by atoms with Crippen LogP contribution in [0.15, 0.2) is 29.2 Å². The van der Waals surface area contributed by atoms with E-state index in [0.717, 1.165) is 24.9 Å². The Morgan fingerprint density at radius 3 is 2.59 bits per heavy atom. The summed E-state index contributed by atoms with van der Waals surface area (Å²) >= 11 is 0. The molecule has 120 valence electrons. The minimum absolute atomic E-state index is 0.0312. The molecule has 1 N–H and O–H groups in total. The lowest BCUT2D eigenvalue weighted by Crippen LogP contribution is -2.31. The third-order valence-corrected chi connectivity index (χ3v) is 5.50. The molecule has 7 heteroatoms. The Morgan fingerprint density at radius 1 is 1.23 bits per heavy atom. The standard InChI is InChI=1S/C15H20N2O4S/c18-15-4-1-9-17(15)12-5-7-14(8-6-12)22(19,20)16-11-13-3-2-10-21-13/h5-8,13,16H,1-4,9-11H2. The molecule has 0 bridgehead atoms. The number of carbonyl (C=O) groups excluding carboxylic acids is 1. The molecule has 22 heavy (non-hydrogen) atoms. The second-order valence-corrected chi connectivity index (χ2v) is 7.40. The fourth-order valence-corrected chi connectivity index (χ4v) is 3.88. The molecule has 0 aromatic heterocycles. The molecule has 2 heterocycles. The Bertz CT molecular complexity index is 636. The number of rotatable bonds is 5. The maximum absolute atomic E-state index is 12.2. The van der Waals surface area contributed by atoms with E-state index in [-0.39, 0.29) is 16.9 Å². The van der Waals surface area contributed by atoms with Gasteiger partial charge >= 0.3 is 0 Å². The van der Waals surface area contributed by atoms with Crippen molar-refractivity contribution in [1.29, 1.82) is 0 Å². The number of hydrogen-bond donors (Lipinski definition) is 1. The quantitative estimate of drug-likeness (QED) is 0.885. The van der Waals surface area contributed by atoms with Crippen LogP contribution >= 0.6 is 0 Å². The van der Waals surface area contributed by atoms with Gasteiger partial charge in [0.15, 0.2) is 0 Å². The highest BCUT2D eigenvalue weighted by molar-refractivity contribution is 7.89. The number of anilines is 1. The zero-order valence-electron chi connectivity index (χ0n) is 12.3. The fraction of sp³-hybridized carbons (Fsp3) is 0.533. The minimum atomic E-state index is -3.54. The highest BCUT2D eigenvalue weighted by Gasteiger charge is 2.23. The van der Waals surface area contributed by atoms with E-state index in [4.69, 9.17) is 4.74 Å². The number of ether oxygens (including phenoxy) is 1. The Hall–Kier alpha value is -1.44. The maximum atomic E-state index is 12.2. The predicted molar refractivity (Wildman–Crippen MR) is 82.2 cm³/mol. The van der Waals surface area contributed by atoms with E-state index >= 15 is 0 Å². The Morgan fingerprint density at radius 2 is 2.00 bits per heavy atom. The third kappa shape index (κ3) is 3.31. The summed E-state index contributed by atoms with van der Waals surface area (Å²) in [4.78, 5) is 13.6. The lowest BCUT2D eigenvalue weighted by atomic mass is 10.2. The van der Waals surface area contributed by atoms with Gasteiger partial charge in [0, 0.05) is 31.8 Å². The second kappa shape index (κ2) is 6.36. The van der Waals surface area contributed by atoms with Crippen LogP contribution in [0.1, 0.15) is 25.7 Å². The number of hydrogen-bond acceptors (Lipinski definition) is 4. The van der Waals surface area contributed by atoms with Gasteiger partial charge in [-0.05, 0) is 43.5 Å². The number of sulfonamides is 1. The van der Waals surface area contributed by atoms with Crippen LogP contribution in [-0.4, -0.2) is 40.1 Å². The Labute approximate surface area is 130 Å². The van der Waals surface area contributed by atoms with Crippen molar-refractivity contribution in [2.75, 3.05) is 24.6 Å². The highest BCUT2D eigenvalue weighted by Crippen LogP contribution is 2.23. The van der Waals surface area contributed by atoms with Crippen LogP contribution < -0.4 is 9.62 Å². The van der Waals surface area contributed by atoms with Crippen LogP contribution in [-0.2, 0) is 19.6 Å². The molecule has 1 aromatic rings. The molecule has 2 saturated heterocycles. The summed E-state index contributed by atoms with van der Waals surface area (Å²) in [5.41, 5.74) is 0.751. The summed E-state index contributed by atoms with van der Waals surface area (Å²) in [6, 6.07) is 6.45. The molecule has 0 spiro atoms. The third-order valence-electron chi connectivity index (χ3n) is 4.06. The molecule has 0 radical (unpaired) electrons. The van der Waals surface area contributed by atoms with Gasteiger partial charge in [0.2, 0.25) is 15.9 Å². The summed E-state index contributed by atoms with van der Waals surface area (Å²) < 4.78 is 32.5. The molecular weight excluding hydrogens is 304 g/mol. The average Bonchev–Trinajstić information content (AvgIpc) is 3.17. The van der Waals surface area contributed by atoms with Crippen molar-refractivity contribution < 1.29 is 17.9 Å². The first-order chi connectivity index (χ1) is 10.6. The first-order valence-electron chi connectivity index (χ1n) is 7.58. The first-order valence-corrected chi connectivity index (χ1v) is 9.06. The van der Waals surface area contributed by atoms with Crippen LogP contribution in [0.4, 0.5) is 5.69 Å². The number of carbonyl (C=O) groups is 1. The van der Waals surface area contributed by atoms with Gasteiger partial charge in [0.1, 0.15) is 0 Å². The number of nitrogens with one attached hydrogen (secondary N) is 1. The molecule has 0 aliphatic carbocycles. The lowest BCUT2D eigenvalue weighted by Gasteiger charge is -2.16. The van der Waals surface area contributed by atoms with E-state index in [9.17, 15) is 13.2 Å². The maximum Gasteiger partial charge on any atom is 0.240 e. The van der Waals surface area contributed by atoms with Gasteiger partial charge in [0.05, 0.1) is 11.0 Å². The van der Waals surface area contributed by atoms with Crippen molar-refractivity contribution in [3.05, 3.63) is 24.3 Å². The molecule has 0 saturated carbocycles. The molecular formula is C15H20N2O4S. The summed E-state index contributed by atoms with van der Waals surface area (Å²) in [6.45, 7) is 1.70. The molecule has 3 rings (SSSR count). The van der Waals surface area contributed by atoms with Crippen molar-refractivity contribution in [3.8, 4) is 0 Å². The van der Waals surface area contributed by atoms with E-state index in [1.165, 1.54) is 0 Å². The molecule has 2 aliphatic heterocycles. The van der Waals surface area contributed by atoms with Crippen LogP contribution in [0.3, 0.4) is 0 Å². The zero-order valence-corrected chi connectivity index (χ0v) is 13.1. The number of amides is 1. The molecule has 6 nitrogen and oxygen atoms in total. The fourth-order valence-electron chi connectivity index (χ4n) is 2.82. The lowest BCUT2D eigenvalue weighted by molar-refractivity contribution is -0.117. The second-order valence-electron chi connectivity index (χ2n) is 5.63. The number of benzene rings is 1. The molecule has 1 atom stereocenters. The molecule has 1 amide bonds. The predicted octanol–water partition coefficient (Wildman–Crippen LogP) is 1.27. The van der Waals surface area contributed by atoms with Crippen LogP contribution in [0.25, 0.3) is 0 Å². The molecule has 1 aromatic carbocycles. The Kier molecular flexibility index (Phi) is 4.46. The minimum Gasteiger partial charge on any atom is -0.377 e. The molecule has 2 aliphatic rings. The normalized spacial score (nSPS) is 22.5. The number of nitrogens with zero attached hydrogens (tertiary/aromatic N) is 1. The zero-order chi connectivity index (χ0) is 15.6. The van der Waals surface area contributed by atoms with Crippen LogP contribution in [0, 0.1) is 0 Å². The van der Waals surface area contributed by atoms with Gasteiger partial charge in [-0.15, -0.1) is 0 Å². The summed E-state index contributed by atoms with van der Waals surface area (Å²) in [5, 5.41) is 0. The average molecular weight is 324 g/mol. The monoisotopic (exact) mass is 324 g/mol. The summed E-state index contributed by atoms with van der Waals surface area (Å²) in [6.07, 6.45) is 3.24. The van der Waals surface area contributed by atoms with Gasteiger partial charge in [0.25, 0.3) is 0 Å². The SMILES string of the molecule is O=C1CCCN1c1ccc(S(=O)(=O)NCC2CCCO2)cc1. The van der Waals surface area contributed by atoms with Crippen LogP contribution in [0.2, 0.25) is 0 Å². The van der Waals surface area contributed by atoms with Crippen molar-refractivity contribution in [1.82, 2.24) is 4.72 Å². The van der Waals surface area contributed by atoms with E-state index in [1.54, 1.807) is 29.2 Å². The van der Waals surface area contributed by atoms with E-state index in [2.05, 4.69) is 4.72 Å². The van der Waals surface area contributed by atoms with Crippen LogP contribution in [0.5, 0.6) is 0 Å². The molecule has 1 unspecified atom stereocenters. The van der Waals surface area contributed by atoms with Crippen molar-refractivity contribution >= 4 is 21.6 Å². The van der Waals surface area contributed by atoms with Crippen molar-refractivity contribution in [3.63, 3.8) is 0 Å². The van der Waals surface area contributed by atoms with Gasteiger partial charge in [-0.3, -0.25) is 4.79 Å².